The topological polar surface area (TPSA) is 70.7 Å². The van der Waals surface area contributed by atoms with Gasteiger partial charge in [0.2, 0.25) is 5.91 Å². The third-order valence-corrected chi connectivity index (χ3v) is 5.34. The Labute approximate surface area is 172 Å². The minimum atomic E-state index is -0.101. The van der Waals surface area contributed by atoms with E-state index in [1.165, 1.54) is 0 Å². The molecule has 2 N–H and O–H groups in total. The third kappa shape index (κ3) is 5.73. The van der Waals surface area contributed by atoms with Crippen LogP contribution in [0.3, 0.4) is 0 Å². The van der Waals surface area contributed by atoms with Crippen molar-refractivity contribution >= 4 is 11.9 Å². The number of amides is 3. The summed E-state index contributed by atoms with van der Waals surface area (Å²) in [7, 11) is 1.63. The molecule has 1 saturated heterocycles. The van der Waals surface area contributed by atoms with Crippen LogP contribution in [0.15, 0.2) is 48.5 Å². The highest BCUT2D eigenvalue weighted by Crippen LogP contribution is 2.21. The lowest BCUT2D eigenvalue weighted by Crippen LogP contribution is -2.46. The molecule has 0 saturated carbocycles. The predicted octanol–water partition coefficient (Wildman–Crippen LogP) is 3.24. The maximum Gasteiger partial charge on any atom is 0.317 e. The van der Waals surface area contributed by atoms with E-state index < -0.39 is 0 Å². The van der Waals surface area contributed by atoms with Gasteiger partial charge in [-0.1, -0.05) is 42.5 Å². The fraction of sp³-hybridized carbons (Fsp3) is 0.391. The van der Waals surface area contributed by atoms with Crippen molar-refractivity contribution in [1.29, 1.82) is 0 Å². The number of hydrogen-bond donors (Lipinski definition) is 2. The van der Waals surface area contributed by atoms with E-state index in [2.05, 4.69) is 10.6 Å². The molecule has 0 radical (unpaired) electrons. The van der Waals surface area contributed by atoms with Gasteiger partial charge in [-0.15, -0.1) is 0 Å². The Bertz CT molecular complexity index is 831. The van der Waals surface area contributed by atoms with Crippen molar-refractivity contribution in [3.63, 3.8) is 0 Å². The smallest absolute Gasteiger partial charge is 0.317 e. The fourth-order valence-electron chi connectivity index (χ4n) is 3.55. The Morgan fingerprint density at radius 3 is 2.45 bits per heavy atom. The summed E-state index contributed by atoms with van der Waals surface area (Å²) in [5, 5.41) is 5.96. The number of urea groups is 1. The molecule has 29 heavy (non-hydrogen) atoms. The lowest BCUT2D eigenvalue weighted by Gasteiger charge is -2.31. The van der Waals surface area contributed by atoms with Gasteiger partial charge >= 0.3 is 6.03 Å². The largest absolute Gasteiger partial charge is 0.496 e. The maximum atomic E-state index is 12.5. The maximum absolute atomic E-state index is 12.5. The quantitative estimate of drug-likeness (QED) is 0.789. The second-order valence-electron chi connectivity index (χ2n) is 7.44. The number of hydrogen-bond acceptors (Lipinski definition) is 3. The minimum absolute atomic E-state index is 0.0417. The number of nitrogens with zero attached hydrogens (tertiary/aromatic N) is 1. The van der Waals surface area contributed by atoms with Crippen LogP contribution in [0.25, 0.3) is 0 Å². The van der Waals surface area contributed by atoms with Crippen LogP contribution < -0.4 is 15.4 Å². The molecule has 154 valence electrons. The van der Waals surface area contributed by atoms with Gasteiger partial charge in [-0.05, 0) is 37.0 Å². The normalized spacial score (nSPS) is 14.3. The molecule has 1 heterocycles. The van der Waals surface area contributed by atoms with Crippen LogP contribution in [0.5, 0.6) is 5.75 Å². The first-order valence-electron chi connectivity index (χ1n) is 10.0. The number of ether oxygens (including phenoxy) is 1. The van der Waals surface area contributed by atoms with Crippen molar-refractivity contribution in [1.82, 2.24) is 15.5 Å². The summed E-state index contributed by atoms with van der Waals surface area (Å²) in [6.07, 6.45) is 1.36. The molecule has 0 bridgehead atoms. The number of likely N-dealkylation sites (tertiary alicyclic amines) is 1. The summed E-state index contributed by atoms with van der Waals surface area (Å²) in [4.78, 5) is 26.7. The molecule has 1 aliphatic heterocycles. The van der Waals surface area contributed by atoms with Crippen molar-refractivity contribution in [2.45, 2.75) is 32.9 Å². The summed E-state index contributed by atoms with van der Waals surface area (Å²) >= 11 is 0. The SMILES string of the molecule is COc1cc(C)ccc1CNC(=O)N1CCC(C(=O)NCc2ccccc2)CC1. The molecule has 0 spiro atoms. The van der Waals surface area contributed by atoms with Gasteiger partial charge in [0.25, 0.3) is 0 Å². The monoisotopic (exact) mass is 395 g/mol. The first-order valence-corrected chi connectivity index (χ1v) is 10.0. The molecule has 3 amide bonds. The zero-order valence-electron chi connectivity index (χ0n) is 17.1. The first kappa shape index (κ1) is 20.7. The number of methoxy groups -OCH3 is 1. The van der Waals surface area contributed by atoms with Crippen LogP contribution in [0.4, 0.5) is 4.79 Å². The Morgan fingerprint density at radius 1 is 1.03 bits per heavy atom. The van der Waals surface area contributed by atoms with Crippen molar-refractivity contribution in [2.75, 3.05) is 20.2 Å². The van der Waals surface area contributed by atoms with Crippen molar-refractivity contribution in [3.8, 4) is 5.75 Å². The van der Waals surface area contributed by atoms with Gasteiger partial charge in [-0.25, -0.2) is 4.79 Å². The molecule has 0 atom stereocenters. The number of rotatable bonds is 6. The molecule has 0 aliphatic carbocycles. The van der Waals surface area contributed by atoms with Crippen LogP contribution in [0, 0.1) is 12.8 Å². The molecule has 1 aliphatic rings. The highest BCUT2D eigenvalue weighted by molar-refractivity contribution is 5.79. The number of aryl methyl sites for hydroxylation is 1. The fourth-order valence-corrected chi connectivity index (χ4v) is 3.55. The Kier molecular flexibility index (Phi) is 7.11. The molecule has 1 fully saturated rings. The molecule has 2 aromatic rings. The standard InChI is InChI=1S/C23H29N3O3/c1-17-8-9-20(21(14-17)29-2)16-25-23(28)26-12-10-19(11-13-26)22(27)24-15-18-6-4-3-5-7-18/h3-9,14,19H,10-13,15-16H2,1-2H3,(H,24,27)(H,25,28). The molecule has 0 unspecified atom stereocenters. The molecule has 2 aromatic carbocycles. The minimum Gasteiger partial charge on any atom is -0.496 e. The number of carbonyl (C=O) groups excluding carboxylic acids is 2. The molecule has 6 heteroatoms. The Balaban J connectivity index is 1.43. The number of carbonyl (C=O) groups is 2. The predicted molar refractivity (Wildman–Crippen MR) is 113 cm³/mol. The lowest BCUT2D eigenvalue weighted by atomic mass is 9.96. The van der Waals surface area contributed by atoms with E-state index in [0.29, 0.717) is 39.0 Å². The lowest BCUT2D eigenvalue weighted by molar-refractivity contribution is -0.126. The number of piperidine rings is 1. The van der Waals surface area contributed by atoms with Gasteiger partial charge in [-0.2, -0.15) is 0 Å². The zero-order valence-corrected chi connectivity index (χ0v) is 17.1. The zero-order chi connectivity index (χ0) is 20.6. The van der Waals surface area contributed by atoms with Gasteiger partial charge in [0.1, 0.15) is 5.75 Å². The summed E-state index contributed by atoms with van der Waals surface area (Å²) < 4.78 is 5.39. The summed E-state index contributed by atoms with van der Waals surface area (Å²) in [5.41, 5.74) is 3.15. The molecule has 3 rings (SSSR count). The number of nitrogens with one attached hydrogen (secondary N) is 2. The summed E-state index contributed by atoms with van der Waals surface area (Å²) in [6, 6.07) is 15.7. The molecular formula is C23H29N3O3. The van der Waals surface area contributed by atoms with Crippen molar-refractivity contribution in [3.05, 3.63) is 65.2 Å². The summed E-state index contributed by atoms with van der Waals surface area (Å²) in [5.74, 6) is 0.803. The van der Waals surface area contributed by atoms with Gasteiger partial charge in [-0.3, -0.25) is 4.79 Å². The average molecular weight is 396 g/mol. The van der Waals surface area contributed by atoms with E-state index in [0.717, 1.165) is 22.4 Å². The van der Waals surface area contributed by atoms with E-state index >= 15 is 0 Å². The van der Waals surface area contributed by atoms with E-state index in [-0.39, 0.29) is 17.9 Å². The van der Waals surface area contributed by atoms with Gasteiger partial charge in [0.15, 0.2) is 0 Å². The van der Waals surface area contributed by atoms with Crippen molar-refractivity contribution in [2.24, 2.45) is 5.92 Å². The highest BCUT2D eigenvalue weighted by atomic mass is 16.5. The van der Waals surface area contributed by atoms with E-state index in [1.807, 2.05) is 55.5 Å². The second kappa shape index (κ2) is 9.96. The van der Waals surface area contributed by atoms with Crippen molar-refractivity contribution < 1.29 is 14.3 Å². The van der Waals surface area contributed by atoms with Crippen LogP contribution in [0.1, 0.15) is 29.5 Å². The number of benzene rings is 2. The van der Waals surface area contributed by atoms with Gasteiger partial charge < -0.3 is 20.3 Å². The van der Waals surface area contributed by atoms with E-state index in [4.69, 9.17) is 4.74 Å². The van der Waals surface area contributed by atoms with Gasteiger partial charge in [0.05, 0.1) is 7.11 Å². The molecular weight excluding hydrogens is 366 g/mol. The van der Waals surface area contributed by atoms with E-state index in [9.17, 15) is 9.59 Å². The van der Waals surface area contributed by atoms with Crippen LogP contribution in [-0.2, 0) is 17.9 Å². The first-order chi connectivity index (χ1) is 14.1. The Hall–Kier alpha value is -3.02. The van der Waals surface area contributed by atoms with E-state index in [1.54, 1.807) is 12.0 Å². The third-order valence-electron chi connectivity index (χ3n) is 5.34. The highest BCUT2D eigenvalue weighted by Gasteiger charge is 2.27. The van der Waals surface area contributed by atoms with Crippen LogP contribution in [-0.4, -0.2) is 37.0 Å². The second-order valence-corrected chi connectivity index (χ2v) is 7.44. The van der Waals surface area contributed by atoms with Crippen LogP contribution in [0.2, 0.25) is 0 Å². The Morgan fingerprint density at radius 2 is 1.76 bits per heavy atom. The summed E-state index contributed by atoms with van der Waals surface area (Å²) in [6.45, 7) is 4.13. The molecule has 0 aromatic heterocycles. The molecule has 6 nitrogen and oxygen atoms in total. The van der Waals surface area contributed by atoms with Gasteiger partial charge in [0, 0.05) is 37.7 Å². The van der Waals surface area contributed by atoms with Crippen LogP contribution >= 0.6 is 0 Å². The average Bonchev–Trinajstić information content (AvgIpc) is 2.77.